The summed E-state index contributed by atoms with van der Waals surface area (Å²) < 4.78 is 6.09. The first kappa shape index (κ1) is 16.0. The zero-order chi connectivity index (χ0) is 18.2. The lowest BCUT2D eigenvalue weighted by Gasteiger charge is -2.33. The Morgan fingerprint density at radius 1 is 1.00 bits per heavy atom. The summed E-state index contributed by atoms with van der Waals surface area (Å²) in [6, 6.07) is 13.2. The number of rotatable bonds is 4. The second kappa shape index (κ2) is 6.50. The van der Waals surface area contributed by atoms with E-state index in [0.717, 1.165) is 19.4 Å². The molecule has 0 N–H and O–H groups in total. The molecule has 2 aliphatic rings. The molecule has 3 heterocycles. The highest BCUT2D eigenvalue weighted by Crippen LogP contribution is 2.40. The molecule has 5 rings (SSSR count). The Kier molecular flexibility index (Phi) is 3.85. The third-order valence-electron chi connectivity index (χ3n) is 5.36. The number of pyridine rings is 1. The molecule has 2 fully saturated rings. The van der Waals surface area contributed by atoms with Gasteiger partial charge in [-0.25, -0.2) is 4.98 Å². The summed E-state index contributed by atoms with van der Waals surface area (Å²) in [5.41, 5.74) is 1.30. The molecule has 0 unspecified atom stereocenters. The number of para-hydroxylation sites is 1. The molecule has 7 heteroatoms. The SMILES string of the molecule is O=C(c1ccccc1-n1nccn1)N1C[C@H]2C[C@@H](Oc3ccccn3)[C@@H]1C2. The van der Waals surface area contributed by atoms with Crippen LogP contribution in [-0.4, -0.2) is 49.5 Å². The van der Waals surface area contributed by atoms with Gasteiger partial charge in [-0.15, -0.1) is 0 Å². The number of amides is 1. The largest absolute Gasteiger partial charge is 0.472 e. The second-order valence-electron chi connectivity index (χ2n) is 7.02. The molecule has 136 valence electrons. The summed E-state index contributed by atoms with van der Waals surface area (Å²) in [6.07, 6.45) is 6.86. The summed E-state index contributed by atoms with van der Waals surface area (Å²) in [7, 11) is 0. The van der Waals surface area contributed by atoms with Gasteiger partial charge in [0.2, 0.25) is 5.88 Å². The first-order valence-corrected chi connectivity index (χ1v) is 9.14. The van der Waals surface area contributed by atoms with Gasteiger partial charge in [0.1, 0.15) is 6.10 Å². The molecular formula is C20H19N5O2. The summed E-state index contributed by atoms with van der Waals surface area (Å²) in [4.78, 5) is 21.0. The van der Waals surface area contributed by atoms with Crippen molar-refractivity contribution in [3.8, 4) is 11.6 Å². The van der Waals surface area contributed by atoms with Crippen molar-refractivity contribution in [2.45, 2.75) is 25.0 Å². The topological polar surface area (TPSA) is 73.1 Å². The fourth-order valence-electron chi connectivity index (χ4n) is 4.22. The van der Waals surface area contributed by atoms with Gasteiger partial charge < -0.3 is 9.64 Å². The molecule has 7 nitrogen and oxygen atoms in total. The van der Waals surface area contributed by atoms with Gasteiger partial charge in [0.25, 0.3) is 5.91 Å². The van der Waals surface area contributed by atoms with Crippen molar-refractivity contribution in [3.63, 3.8) is 0 Å². The average molecular weight is 361 g/mol. The van der Waals surface area contributed by atoms with E-state index in [9.17, 15) is 4.79 Å². The van der Waals surface area contributed by atoms with Crippen LogP contribution in [0.2, 0.25) is 0 Å². The lowest BCUT2D eigenvalue weighted by atomic mass is 10.1. The van der Waals surface area contributed by atoms with Gasteiger partial charge in [-0.3, -0.25) is 4.79 Å². The summed E-state index contributed by atoms with van der Waals surface area (Å²) in [5.74, 6) is 1.09. The van der Waals surface area contributed by atoms with Crippen LogP contribution in [0.1, 0.15) is 23.2 Å². The molecule has 27 heavy (non-hydrogen) atoms. The van der Waals surface area contributed by atoms with Crippen LogP contribution >= 0.6 is 0 Å². The first-order chi connectivity index (χ1) is 13.3. The maximum absolute atomic E-state index is 13.3. The maximum Gasteiger partial charge on any atom is 0.256 e. The van der Waals surface area contributed by atoms with E-state index in [1.165, 1.54) is 4.80 Å². The fraction of sp³-hybridized carbons (Fsp3) is 0.300. The van der Waals surface area contributed by atoms with Crippen molar-refractivity contribution in [1.29, 1.82) is 0 Å². The van der Waals surface area contributed by atoms with Crippen LogP contribution in [0.3, 0.4) is 0 Å². The van der Waals surface area contributed by atoms with E-state index in [1.54, 1.807) is 18.6 Å². The smallest absolute Gasteiger partial charge is 0.256 e. The maximum atomic E-state index is 13.3. The van der Waals surface area contributed by atoms with Gasteiger partial charge in [-0.2, -0.15) is 15.0 Å². The highest BCUT2D eigenvalue weighted by molar-refractivity contribution is 5.98. The standard InChI is InChI=1S/C20H19N5O2/c26-20(15-5-1-2-6-16(15)25-22-9-10-23-25)24-13-14-11-17(24)18(12-14)27-19-7-3-4-8-21-19/h1-10,14,17-18H,11-13H2/t14-,17+,18-/m1/s1. The van der Waals surface area contributed by atoms with E-state index in [1.807, 2.05) is 47.4 Å². The normalized spacial score (nSPS) is 23.6. The summed E-state index contributed by atoms with van der Waals surface area (Å²) >= 11 is 0. The predicted octanol–water partition coefficient (Wildman–Crippen LogP) is 2.34. The van der Waals surface area contributed by atoms with E-state index < -0.39 is 0 Å². The highest BCUT2D eigenvalue weighted by Gasteiger charge is 2.48. The van der Waals surface area contributed by atoms with Crippen LogP contribution in [-0.2, 0) is 0 Å². The highest BCUT2D eigenvalue weighted by atomic mass is 16.5. The molecule has 0 radical (unpaired) electrons. The Balaban J connectivity index is 1.40. The Morgan fingerprint density at radius 2 is 1.81 bits per heavy atom. The zero-order valence-corrected chi connectivity index (χ0v) is 14.7. The van der Waals surface area contributed by atoms with Crippen LogP contribution in [0, 0.1) is 5.92 Å². The van der Waals surface area contributed by atoms with Gasteiger partial charge in [0, 0.05) is 18.8 Å². The predicted molar refractivity (Wildman–Crippen MR) is 97.6 cm³/mol. The van der Waals surface area contributed by atoms with E-state index in [2.05, 4.69) is 15.2 Å². The Hall–Kier alpha value is -3.22. The molecule has 1 aromatic carbocycles. The monoisotopic (exact) mass is 361 g/mol. The van der Waals surface area contributed by atoms with Crippen molar-refractivity contribution in [3.05, 3.63) is 66.6 Å². The van der Waals surface area contributed by atoms with Crippen LogP contribution < -0.4 is 4.74 Å². The average Bonchev–Trinajstić information content (AvgIpc) is 3.45. The number of aromatic nitrogens is 4. The molecule has 2 bridgehead atoms. The van der Waals surface area contributed by atoms with Gasteiger partial charge in [0.05, 0.1) is 29.7 Å². The molecule has 1 aliphatic heterocycles. The number of piperidine rings is 1. The Morgan fingerprint density at radius 3 is 2.59 bits per heavy atom. The molecule has 1 amide bonds. The Labute approximate surface area is 156 Å². The van der Waals surface area contributed by atoms with E-state index in [-0.39, 0.29) is 18.1 Å². The number of carbonyl (C=O) groups excluding carboxylic acids is 1. The summed E-state index contributed by atoms with van der Waals surface area (Å²) in [5, 5.41) is 8.35. The minimum atomic E-state index is -0.0161. The number of hydrogen-bond acceptors (Lipinski definition) is 5. The van der Waals surface area contributed by atoms with Crippen LogP contribution in [0.5, 0.6) is 5.88 Å². The lowest BCUT2D eigenvalue weighted by Crippen LogP contribution is -2.47. The van der Waals surface area contributed by atoms with Gasteiger partial charge in [-0.1, -0.05) is 18.2 Å². The molecule has 3 aromatic rings. The first-order valence-electron chi connectivity index (χ1n) is 9.14. The van der Waals surface area contributed by atoms with Crippen molar-refractivity contribution in [1.82, 2.24) is 24.9 Å². The van der Waals surface area contributed by atoms with Crippen molar-refractivity contribution in [2.75, 3.05) is 6.54 Å². The minimum Gasteiger partial charge on any atom is -0.472 e. The molecule has 1 aliphatic carbocycles. The van der Waals surface area contributed by atoms with Crippen LogP contribution in [0.4, 0.5) is 0 Å². The van der Waals surface area contributed by atoms with Gasteiger partial charge in [-0.05, 0) is 37.0 Å². The minimum absolute atomic E-state index is 0.00437. The number of carbonyl (C=O) groups is 1. The van der Waals surface area contributed by atoms with Crippen LogP contribution in [0.15, 0.2) is 61.1 Å². The molecule has 1 saturated heterocycles. The number of fused-ring (bicyclic) bond motifs is 2. The van der Waals surface area contributed by atoms with Gasteiger partial charge >= 0.3 is 0 Å². The molecule has 3 atom stereocenters. The van der Waals surface area contributed by atoms with Crippen molar-refractivity contribution < 1.29 is 9.53 Å². The molecule has 0 spiro atoms. The molecular weight excluding hydrogens is 342 g/mol. The number of likely N-dealkylation sites (tertiary alicyclic amines) is 1. The molecule has 1 saturated carbocycles. The van der Waals surface area contributed by atoms with Crippen molar-refractivity contribution >= 4 is 5.91 Å². The quantitative estimate of drug-likeness (QED) is 0.713. The Bertz CT molecular complexity index is 944. The van der Waals surface area contributed by atoms with Crippen LogP contribution in [0.25, 0.3) is 5.69 Å². The van der Waals surface area contributed by atoms with E-state index >= 15 is 0 Å². The van der Waals surface area contributed by atoms with Crippen molar-refractivity contribution in [2.24, 2.45) is 5.92 Å². The second-order valence-corrected chi connectivity index (χ2v) is 7.02. The number of nitrogens with zero attached hydrogens (tertiary/aromatic N) is 5. The number of benzene rings is 1. The number of hydrogen-bond donors (Lipinski definition) is 0. The number of ether oxygens (including phenoxy) is 1. The summed E-state index contributed by atoms with van der Waals surface area (Å²) in [6.45, 7) is 0.770. The van der Waals surface area contributed by atoms with Gasteiger partial charge in [0.15, 0.2) is 0 Å². The fourth-order valence-corrected chi connectivity index (χ4v) is 4.22. The zero-order valence-electron chi connectivity index (χ0n) is 14.7. The third-order valence-corrected chi connectivity index (χ3v) is 5.36. The third kappa shape index (κ3) is 2.85. The molecule has 2 aromatic heterocycles. The lowest BCUT2D eigenvalue weighted by molar-refractivity contribution is 0.0466. The van der Waals surface area contributed by atoms with E-state index in [0.29, 0.717) is 23.0 Å². The van der Waals surface area contributed by atoms with E-state index in [4.69, 9.17) is 4.74 Å².